The van der Waals surface area contributed by atoms with Gasteiger partial charge in [0.25, 0.3) is 0 Å². The zero-order valence-corrected chi connectivity index (χ0v) is 12.8. The summed E-state index contributed by atoms with van der Waals surface area (Å²) in [6.07, 6.45) is 2.16. The molecule has 1 fully saturated rings. The molecule has 6 nitrogen and oxygen atoms in total. The number of carboxylic acid groups (broad SMARTS) is 1. The molecule has 20 heavy (non-hydrogen) atoms. The molecule has 0 bridgehead atoms. The Kier molecular flexibility index (Phi) is 6.78. The molecule has 0 aliphatic carbocycles. The first-order valence-corrected chi connectivity index (χ1v) is 7.40. The molecule has 0 spiro atoms. The number of nitrogens with zero attached hydrogens (tertiary/aromatic N) is 2. The predicted octanol–water partition coefficient (Wildman–Crippen LogP) is 1.08. The summed E-state index contributed by atoms with van der Waals surface area (Å²) in [7, 11) is 1.92. The molecule has 2 amide bonds. The number of likely N-dealkylation sites (tertiary alicyclic amines) is 1. The Hall–Kier alpha value is -1.30. The highest BCUT2D eigenvalue weighted by Gasteiger charge is 2.27. The van der Waals surface area contributed by atoms with Crippen molar-refractivity contribution in [3.05, 3.63) is 0 Å². The van der Waals surface area contributed by atoms with Crippen LogP contribution in [-0.4, -0.2) is 66.7 Å². The van der Waals surface area contributed by atoms with Crippen LogP contribution in [0.4, 0.5) is 4.79 Å². The minimum Gasteiger partial charge on any atom is -0.481 e. The second-order valence-corrected chi connectivity index (χ2v) is 5.57. The third-order valence-corrected chi connectivity index (χ3v) is 3.85. The maximum absolute atomic E-state index is 12.5. The number of piperidine rings is 1. The molecule has 0 aromatic heterocycles. The van der Waals surface area contributed by atoms with E-state index in [1.807, 2.05) is 18.9 Å². The molecule has 116 valence electrons. The van der Waals surface area contributed by atoms with E-state index in [1.54, 1.807) is 11.8 Å². The van der Waals surface area contributed by atoms with Crippen LogP contribution in [0.25, 0.3) is 0 Å². The van der Waals surface area contributed by atoms with Gasteiger partial charge < -0.3 is 20.2 Å². The van der Waals surface area contributed by atoms with Crippen molar-refractivity contribution in [2.24, 2.45) is 11.8 Å². The van der Waals surface area contributed by atoms with Crippen LogP contribution in [0.1, 0.15) is 26.7 Å². The third kappa shape index (κ3) is 4.67. The average molecular weight is 285 g/mol. The van der Waals surface area contributed by atoms with E-state index in [4.69, 9.17) is 5.11 Å². The van der Waals surface area contributed by atoms with Gasteiger partial charge in [-0.25, -0.2) is 4.79 Å². The van der Waals surface area contributed by atoms with Gasteiger partial charge in [-0.3, -0.25) is 4.79 Å². The molecule has 0 aromatic rings. The van der Waals surface area contributed by atoms with Crippen LogP contribution in [0.5, 0.6) is 0 Å². The van der Waals surface area contributed by atoms with Gasteiger partial charge in [-0.1, -0.05) is 6.92 Å². The minimum atomic E-state index is -0.858. The molecule has 0 aromatic carbocycles. The van der Waals surface area contributed by atoms with Crippen molar-refractivity contribution in [1.29, 1.82) is 0 Å². The summed E-state index contributed by atoms with van der Waals surface area (Å²) >= 11 is 0. The van der Waals surface area contributed by atoms with E-state index in [2.05, 4.69) is 5.32 Å². The van der Waals surface area contributed by atoms with Crippen LogP contribution in [0.3, 0.4) is 0 Å². The molecule has 0 radical (unpaired) electrons. The van der Waals surface area contributed by atoms with E-state index >= 15 is 0 Å². The lowest BCUT2D eigenvalue weighted by atomic mass is 9.98. The van der Waals surface area contributed by atoms with Crippen molar-refractivity contribution in [2.75, 3.05) is 39.8 Å². The summed E-state index contributed by atoms with van der Waals surface area (Å²) in [4.78, 5) is 26.9. The Labute approximate surface area is 121 Å². The van der Waals surface area contributed by atoms with Gasteiger partial charge in [0, 0.05) is 26.2 Å². The highest BCUT2D eigenvalue weighted by molar-refractivity contribution is 5.76. The molecule has 1 saturated heterocycles. The summed E-state index contributed by atoms with van der Waals surface area (Å²) in [6.45, 7) is 6.80. The quantitative estimate of drug-likeness (QED) is 0.766. The number of aliphatic carboxylic acids is 1. The minimum absolute atomic E-state index is 0.0265. The van der Waals surface area contributed by atoms with Crippen LogP contribution in [0.2, 0.25) is 0 Å². The first kappa shape index (κ1) is 16.8. The standard InChI is InChI=1S/C14H27N3O3/c1-4-16(9-11(2)13(18)19)14(20)17-7-5-6-12(10-17)8-15-3/h11-12,15H,4-10H2,1-3H3,(H,18,19). The fraction of sp³-hybridized carbons (Fsp3) is 0.857. The Bertz CT molecular complexity index is 334. The molecular formula is C14H27N3O3. The van der Waals surface area contributed by atoms with Crippen LogP contribution in [0, 0.1) is 11.8 Å². The number of carbonyl (C=O) groups excluding carboxylic acids is 1. The Morgan fingerprint density at radius 1 is 1.50 bits per heavy atom. The van der Waals surface area contributed by atoms with Gasteiger partial charge >= 0.3 is 12.0 Å². The lowest BCUT2D eigenvalue weighted by Crippen LogP contribution is -2.50. The third-order valence-electron chi connectivity index (χ3n) is 3.85. The summed E-state index contributed by atoms with van der Waals surface area (Å²) in [5, 5.41) is 12.1. The largest absolute Gasteiger partial charge is 0.481 e. The maximum Gasteiger partial charge on any atom is 0.320 e. The van der Waals surface area contributed by atoms with Gasteiger partial charge in [0.05, 0.1) is 5.92 Å². The average Bonchev–Trinajstić information content (AvgIpc) is 2.44. The van der Waals surface area contributed by atoms with E-state index in [9.17, 15) is 9.59 Å². The number of carbonyl (C=O) groups is 2. The number of amides is 2. The number of urea groups is 1. The number of carboxylic acids is 1. The zero-order chi connectivity index (χ0) is 15.1. The van der Waals surface area contributed by atoms with Crippen LogP contribution in [0.15, 0.2) is 0 Å². The lowest BCUT2D eigenvalue weighted by Gasteiger charge is -2.36. The number of hydrogen-bond donors (Lipinski definition) is 2. The van der Waals surface area contributed by atoms with E-state index in [0.717, 1.165) is 32.5 Å². The molecule has 2 N–H and O–H groups in total. The second-order valence-electron chi connectivity index (χ2n) is 5.57. The normalized spacial score (nSPS) is 20.6. The molecule has 1 aliphatic heterocycles. The van der Waals surface area contributed by atoms with Crippen molar-refractivity contribution < 1.29 is 14.7 Å². The summed E-state index contributed by atoms with van der Waals surface area (Å²) in [5.74, 6) is -0.895. The molecular weight excluding hydrogens is 258 g/mol. The summed E-state index contributed by atoms with van der Waals surface area (Å²) in [5.41, 5.74) is 0. The highest BCUT2D eigenvalue weighted by Crippen LogP contribution is 2.17. The van der Waals surface area contributed by atoms with Gasteiger partial charge in [0.15, 0.2) is 0 Å². The Morgan fingerprint density at radius 3 is 2.75 bits per heavy atom. The molecule has 2 unspecified atom stereocenters. The zero-order valence-electron chi connectivity index (χ0n) is 12.8. The monoisotopic (exact) mass is 285 g/mol. The van der Waals surface area contributed by atoms with Gasteiger partial charge in [-0.2, -0.15) is 0 Å². The predicted molar refractivity (Wildman–Crippen MR) is 77.7 cm³/mol. The SMILES string of the molecule is CCN(CC(C)C(=O)O)C(=O)N1CCCC(CNC)C1. The van der Waals surface area contributed by atoms with E-state index in [1.165, 1.54) is 0 Å². The van der Waals surface area contributed by atoms with Crippen molar-refractivity contribution in [2.45, 2.75) is 26.7 Å². The van der Waals surface area contributed by atoms with E-state index in [0.29, 0.717) is 12.5 Å². The second kappa shape index (κ2) is 8.09. The number of hydrogen-bond acceptors (Lipinski definition) is 3. The highest BCUT2D eigenvalue weighted by atomic mass is 16.4. The van der Waals surface area contributed by atoms with Crippen LogP contribution < -0.4 is 5.32 Å². The van der Waals surface area contributed by atoms with Gasteiger partial charge in [-0.15, -0.1) is 0 Å². The molecule has 0 saturated carbocycles. The number of nitrogens with one attached hydrogen (secondary N) is 1. The Balaban J connectivity index is 2.58. The van der Waals surface area contributed by atoms with Crippen LogP contribution in [-0.2, 0) is 4.79 Å². The first-order valence-electron chi connectivity index (χ1n) is 7.40. The van der Waals surface area contributed by atoms with Gasteiger partial charge in [0.2, 0.25) is 0 Å². The van der Waals surface area contributed by atoms with Gasteiger partial charge in [0.1, 0.15) is 0 Å². The smallest absolute Gasteiger partial charge is 0.320 e. The van der Waals surface area contributed by atoms with E-state index < -0.39 is 11.9 Å². The lowest BCUT2D eigenvalue weighted by molar-refractivity contribution is -0.141. The maximum atomic E-state index is 12.5. The van der Waals surface area contributed by atoms with Crippen LogP contribution >= 0.6 is 0 Å². The van der Waals surface area contributed by atoms with Crippen molar-refractivity contribution >= 4 is 12.0 Å². The topological polar surface area (TPSA) is 72.9 Å². The van der Waals surface area contributed by atoms with E-state index in [-0.39, 0.29) is 12.6 Å². The fourth-order valence-electron chi connectivity index (χ4n) is 2.65. The molecule has 2 atom stereocenters. The van der Waals surface area contributed by atoms with Crippen molar-refractivity contribution in [3.8, 4) is 0 Å². The molecule has 1 heterocycles. The fourth-order valence-corrected chi connectivity index (χ4v) is 2.65. The first-order chi connectivity index (χ1) is 9.49. The molecule has 6 heteroatoms. The van der Waals surface area contributed by atoms with Gasteiger partial charge in [-0.05, 0) is 39.3 Å². The van der Waals surface area contributed by atoms with Crippen molar-refractivity contribution in [1.82, 2.24) is 15.1 Å². The Morgan fingerprint density at radius 2 is 2.20 bits per heavy atom. The summed E-state index contributed by atoms with van der Waals surface area (Å²) in [6, 6.07) is -0.0265. The van der Waals surface area contributed by atoms with Crippen molar-refractivity contribution in [3.63, 3.8) is 0 Å². The molecule has 1 aliphatic rings. The molecule has 1 rings (SSSR count). The number of rotatable bonds is 6. The summed E-state index contributed by atoms with van der Waals surface area (Å²) < 4.78 is 0.